The number of hydrogen-bond acceptors (Lipinski definition) is 7. The minimum Gasteiger partial charge on any atom is -0.487 e. The quantitative estimate of drug-likeness (QED) is 0.282. The van der Waals surface area contributed by atoms with E-state index in [1.165, 1.54) is 30.5 Å². The second kappa shape index (κ2) is 11.9. The van der Waals surface area contributed by atoms with Gasteiger partial charge in [0.1, 0.15) is 30.1 Å². The van der Waals surface area contributed by atoms with Gasteiger partial charge in [0.2, 0.25) is 5.89 Å². The van der Waals surface area contributed by atoms with Gasteiger partial charge in [-0.1, -0.05) is 18.2 Å². The molecule has 0 bridgehead atoms. The number of nitrogens with zero attached hydrogens (tertiary/aromatic N) is 3. The van der Waals surface area contributed by atoms with Gasteiger partial charge in [0.15, 0.2) is 0 Å². The first-order valence-electron chi connectivity index (χ1n) is 11.1. The molecular weight excluding hydrogens is 509 g/mol. The second-order valence-corrected chi connectivity index (χ2v) is 9.58. The molecule has 2 aromatic heterocycles. The molecule has 8 nitrogen and oxygen atoms in total. The van der Waals surface area contributed by atoms with E-state index < -0.39 is 17.2 Å². The third-order valence-corrected chi connectivity index (χ3v) is 6.46. The van der Waals surface area contributed by atoms with Crippen molar-refractivity contribution in [2.24, 2.45) is 0 Å². The van der Waals surface area contributed by atoms with E-state index in [9.17, 15) is 17.4 Å². The van der Waals surface area contributed by atoms with Crippen molar-refractivity contribution in [3.63, 3.8) is 0 Å². The Morgan fingerprint density at radius 3 is 2.57 bits per heavy atom. The lowest BCUT2D eigenvalue weighted by Gasteiger charge is -2.09. The number of benzene rings is 2. The number of rotatable bonds is 11. The molecule has 0 amide bonds. The van der Waals surface area contributed by atoms with Gasteiger partial charge in [-0.05, 0) is 54.0 Å². The Hall–Kier alpha value is -3.93. The molecule has 0 saturated heterocycles. The fraction of sp³-hybridized carbons (Fsp3) is 0.240. The van der Waals surface area contributed by atoms with Gasteiger partial charge in [-0.2, -0.15) is 15.4 Å². The molecule has 2 heterocycles. The number of H-pyrrole nitrogens is 1. The molecule has 0 spiro atoms. The van der Waals surface area contributed by atoms with Gasteiger partial charge in [0.25, 0.3) is 0 Å². The summed E-state index contributed by atoms with van der Waals surface area (Å²) in [5.41, 5.74) is 3.97. The third-order valence-electron chi connectivity index (χ3n) is 5.17. The first-order chi connectivity index (χ1) is 17.7. The van der Waals surface area contributed by atoms with Gasteiger partial charge in [-0.15, -0.1) is 13.2 Å². The van der Waals surface area contributed by atoms with E-state index in [1.54, 1.807) is 18.3 Å². The molecule has 4 rings (SSSR count). The van der Waals surface area contributed by atoms with Crippen molar-refractivity contribution in [1.29, 1.82) is 0 Å². The number of aromatic nitrogens is 4. The van der Waals surface area contributed by atoms with Crippen molar-refractivity contribution in [1.82, 2.24) is 20.4 Å². The highest BCUT2D eigenvalue weighted by Gasteiger charge is 2.30. The van der Waals surface area contributed by atoms with Crippen molar-refractivity contribution in [2.75, 3.05) is 5.75 Å². The van der Waals surface area contributed by atoms with Crippen LogP contribution in [0.15, 0.2) is 59.3 Å². The van der Waals surface area contributed by atoms with E-state index in [1.807, 2.05) is 25.1 Å². The maximum absolute atomic E-state index is 12.4. The summed E-state index contributed by atoms with van der Waals surface area (Å²) in [7, 11) is -1.03. The summed E-state index contributed by atoms with van der Waals surface area (Å²) < 4.78 is 64.2. The molecule has 1 unspecified atom stereocenters. The Bertz CT molecular complexity index is 1350. The van der Waals surface area contributed by atoms with Crippen molar-refractivity contribution >= 4 is 23.0 Å². The number of aromatic amines is 1. The highest BCUT2D eigenvalue weighted by Crippen LogP contribution is 2.23. The number of aryl methyl sites for hydroxylation is 2. The van der Waals surface area contributed by atoms with Crippen LogP contribution in [0.2, 0.25) is 0 Å². The van der Waals surface area contributed by atoms with Crippen LogP contribution in [0.1, 0.15) is 34.0 Å². The van der Waals surface area contributed by atoms with Crippen molar-refractivity contribution in [3.8, 4) is 11.5 Å². The van der Waals surface area contributed by atoms with Crippen LogP contribution < -0.4 is 9.47 Å². The van der Waals surface area contributed by atoms with Gasteiger partial charge in [-0.3, -0.25) is 4.21 Å². The molecule has 194 valence electrons. The molecule has 0 radical (unpaired) electrons. The van der Waals surface area contributed by atoms with Gasteiger partial charge in [-0.25, -0.2) is 4.98 Å². The Morgan fingerprint density at radius 2 is 1.86 bits per heavy atom. The number of alkyl halides is 3. The van der Waals surface area contributed by atoms with Crippen molar-refractivity contribution in [3.05, 3.63) is 88.9 Å². The summed E-state index contributed by atoms with van der Waals surface area (Å²) in [4.78, 5) is 4.32. The van der Waals surface area contributed by atoms with Gasteiger partial charge < -0.3 is 13.9 Å². The zero-order valence-electron chi connectivity index (χ0n) is 19.7. The van der Waals surface area contributed by atoms with Crippen LogP contribution in [-0.2, 0) is 29.6 Å². The van der Waals surface area contributed by atoms with Crippen LogP contribution in [0, 0.1) is 6.92 Å². The number of halogens is 3. The average Bonchev–Trinajstić information content (AvgIpc) is 3.54. The predicted octanol–water partition coefficient (Wildman–Crippen LogP) is 5.24. The predicted molar refractivity (Wildman–Crippen MR) is 131 cm³/mol. The smallest absolute Gasteiger partial charge is 0.487 e. The zero-order chi connectivity index (χ0) is 26.3. The molecule has 0 fully saturated rings. The monoisotopic (exact) mass is 532 g/mol. The van der Waals surface area contributed by atoms with Crippen LogP contribution >= 0.6 is 0 Å². The highest BCUT2D eigenvalue weighted by molar-refractivity contribution is 7.84. The average molecular weight is 533 g/mol. The van der Waals surface area contributed by atoms with Crippen LogP contribution in [0.5, 0.6) is 11.5 Å². The van der Waals surface area contributed by atoms with Gasteiger partial charge in [0.05, 0.1) is 11.9 Å². The summed E-state index contributed by atoms with van der Waals surface area (Å²) in [6.07, 6.45) is 2.23. The second-order valence-electron chi connectivity index (χ2n) is 8.00. The lowest BCUT2D eigenvalue weighted by molar-refractivity contribution is -0.274. The van der Waals surface area contributed by atoms with Gasteiger partial charge >= 0.3 is 6.36 Å². The van der Waals surface area contributed by atoms with E-state index >= 15 is 0 Å². The number of nitrogens with one attached hydrogen (secondary N) is 1. The summed E-state index contributed by atoms with van der Waals surface area (Å²) in [6.45, 7) is 2.13. The lowest BCUT2D eigenvalue weighted by Crippen LogP contribution is -2.16. The van der Waals surface area contributed by atoms with Gasteiger partial charge in [0, 0.05) is 34.8 Å². The number of ether oxygens (including phenoxy) is 2. The molecule has 1 N–H and O–H groups in total. The fourth-order valence-corrected chi connectivity index (χ4v) is 4.55. The first kappa shape index (κ1) is 26.1. The Balaban J connectivity index is 1.26. The lowest BCUT2D eigenvalue weighted by atomic mass is 10.1. The zero-order valence-corrected chi connectivity index (χ0v) is 20.5. The Labute approximate surface area is 213 Å². The molecule has 0 aliphatic rings. The van der Waals surface area contributed by atoms with Crippen molar-refractivity contribution < 1.29 is 31.3 Å². The maximum Gasteiger partial charge on any atom is 0.573 e. The van der Waals surface area contributed by atoms with E-state index in [0.717, 1.165) is 16.8 Å². The first-order valence-corrected chi connectivity index (χ1v) is 12.6. The van der Waals surface area contributed by atoms with Crippen LogP contribution in [0.25, 0.3) is 12.2 Å². The van der Waals surface area contributed by atoms with E-state index in [0.29, 0.717) is 40.8 Å². The molecule has 37 heavy (non-hydrogen) atoms. The van der Waals surface area contributed by atoms with E-state index in [-0.39, 0.29) is 12.4 Å². The summed E-state index contributed by atoms with van der Waals surface area (Å²) in [6, 6.07) is 11.0. The Morgan fingerprint density at radius 1 is 1.08 bits per heavy atom. The normalized spacial score (nSPS) is 12.6. The number of oxazole rings is 1. The standard InChI is InChI=1S/C25H23F3N4O4S/c1-17-12-23(8-5-19(17)16-37(33)11-10-20-13-29-32-31-20)34-14-21-15-35-24(30-21)9-4-18-2-6-22(7-3-18)36-25(26,27)28/h2-9,12-13,15H,10-11,14,16H2,1H3,(H,29,31,32). The highest BCUT2D eigenvalue weighted by atomic mass is 32.2. The number of hydrogen-bond donors (Lipinski definition) is 1. The summed E-state index contributed by atoms with van der Waals surface area (Å²) >= 11 is 0. The fourth-order valence-electron chi connectivity index (χ4n) is 3.30. The topological polar surface area (TPSA) is 103 Å². The molecule has 2 aromatic carbocycles. The minimum atomic E-state index is -4.73. The van der Waals surface area contributed by atoms with E-state index in [4.69, 9.17) is 9.15 Å². The van der Waals surface area contributed by atoms with Crippen LogP contribution in [-0.4, -0.2) is 36.7 Å². The molecule has 0 aliphatic heterocycles. The molecule has 12 heteroatoms. The van der Waals surface area contributed by atoms with Crippen LogP contribution in [0.4, 0.5) is 13.2 Å². The molecule has 0 saturated carbocycles. The van der Waals surface area contributed by atoms with Crippen molar-refractivity contribution in [2.45, 2.75) is 32.1 Å². The largest absolute Gasteiger partial charge is 0.573 e. The Kier molecular flexibility index (Phi) is 8.39. The molecule has 1 atom stereocenters. The molecule has 0 aliphatic carbocycles. The third kappa shape index (κ3) is 8.31. The summed E-state index contributed by atoms with van der Waals surface area (Å²) in [5.74, 6) is 1.64. The summed E-state index contributed by atoms with van der Waals surface area (Å²) in [5, 5.41) is 10.3. The minimum absolute atomic E-state index is 0.184. The molecular formula is C25H23F3N4O4S. The molecule has 4 aromatic rings. The van der Waals surface area contributed by atoms with E-state index in [2.05, 4.69) is 25.1 Å². The van der Waals surface area contributed by atoms with Crippen LogP contribution in [0.3, 0.4) is 0 Å². The maximum atomic E-state index is 12.4. The SMILES string of the molecule is Cc1cc(OCc2coc(C=Cc3ccc(OC(F)(F)F)cc3)n2)ccc1CS(=O)CCc1cn[nH]n1.